The number of rotatable bonds is 5. The van der Waals surface area contributed by atoms with Crippen molar-refractivity contribution in [3.63, 3.8) is 0 Å². The molecule has 1 amide bonds. The van der Waals surface area contributed by atoms with Crippen molar-refractivity contribution in [2.24, 2.45) is 0 Å². The molecule has 4 nitrogen and oxygen atoms in total. The summed E-state index contributed by atoms with van der Waals surface area (Å²) in [7, 11) is 0. The van der Waals surface area contributed by atoms with Crippen LogP contribution in [-0.4, -0.2) is 25.0 Å². The molecule has 0 spiro atoms. The third kappa shape index (κ3) is 3.35. The minimum Gasteiger partial charge on any atom is -0.348 e. The summed E-state index contributed by atoms with van der Waals surface area (Å²) in [6.45, 7) is 5.65. The summed E-state index contributed by atoms with van der Waals surface area (Å²) in [5, 5.41) is 16.0. The third-order valence-corrected chi connectivity index (χ3v) is 4.06. The highest BCUT2D eigenvalue weighted by molar-refractivity contribution is 7.20. The lowest BCUT2D eigenvalue weighted by Gasteiger charge is -2.13. The van der Waals surface area contributed by atoms with Crippen molar-refractivity contribution in [2.75, 3.05) is 13.1 Å². The van der Waals surface area contributed by atoms with Crippen LogP contribution < -0.4 is 10.6 Å². The third-order valence-electron chi connectivity index (χ3n) is 2.95. The SMILES string of the molecule is CCNCC(C)NC(=O)c1cc2cc(C#N)ccc2s1. The van der Waals surface area contributed by atoms with Crippen LogP contribution in [0.15, 0.2) is 24.3 Å². The van der Waals surface area contributed by atoms with Crippen molar-refractivity contribution in [1.82, 2.24) is 10.6 Å². The Labute approximate surface area is 122 Å². The van der Waals surface area contributed by atoms with Crippen molar-refractivity contribution in [3.05, 3.63) is 34.7 Å². The van der Waals surface area contributed by atoms with Crippen molar-refractivity contribution in [1.29, 1.82) is 5.26 Å². The fourth-order valence-electron chi connectivity index (χ4n) is 1.93. The Morgan fingerprint density at radius 1 is 1.45 bits per heavy atom. The summed E-state index contributed by atoms with van der Waals surface area (Å²) >= 11 is 1.45. The van der Waals surface area contributed by atoms with Crippen LogP contribution in [-0.2, 0) is 0 Å². The van der Waals surface area contributed by atoms with Crippen molar-refractivity contribution >= 4 is 27.3 Å². The fourth-order valence-corrected chi connectivity index (χ4v) is 2.88. The average molecular weight is 287 g/mol. The van der Waals surface area contributed by atoms with Gasteiger partial charge in [0.2, 0.25) is 0 Å². The number of likely N-dealkylation sites (N-methyl/N-ethyl adjacent to an activating group) is 1. The van der Waals surface area contributed by atoms with Gasteiger partial charge in [-0.2, -0.15) is 5.26 Å². The second-order valence-corrected chi connectivity index (χ2v) is 5.74. The van der Waals surface area contributed by atoms with Crippen LogP contribution in [0, 0.1) is 11.3 Å². The number of thiophene rings is 1. The molecule has 20 heavy (non-hydrogen) atoms. The Balaban J connectivity index is 2.12. The van der Waals surface area contributed by atoms with E-state index >= 15 is 0 Å². The normalized spacial score (nSPS) is 12.1. The van der Waals surface area contributed by atoms with Gasteiger partial charge in [0.1, 0.15) is 0 Å². The summed E-state index contributed by atoms with van der Waals surface area (Å²) < 4.78 is 1.02. The van der Waals surface area contributed by atoms with Crippen LogP contribution in [0.4, 0.5) is 0 Å². The number of carbonyl (C=O) groups is 1. The van der Waals surface area contributed by atoms with Gasteiger partial charge in [-0.3, -0.25) is 4.79 Å². The van der Waals surface area contributed by atoms with Gasteiger partial charge in [0.05, 0.1) is 16.5 Å². The molecular weight excluding hydrogens is 270 g/mol. The van der Waals surface area contributed by atoms with Gasteiger partial charge >= 0.3 is 0 Å². The molecule has 5 heteroatoms. The van der Waals surface area contributed by atoms with Crippen LogP contribution in [0.25, 0.3) is 10.1 Å². The predicted molar refractivity (Wildman–Crippen MR) is 82.0 cm³/mol. The van der Waals surface area contributed by atoms with E-state index in [1.165, 1.54) is 11.3 Å². The quantitative estimate of drug-likeness (QED) is 0.888. The van der Waals surface area contributed by atoms with Crippen LogP contribution in [0.1, 0.15) is 29.1 Å². The number of amides is 1. The van der Waals surface area contributed by atoms with Gasteiger partial charge in [0.25, 0.3) is 5.91 Å². The maximum Gasteiger partial charge on any atom is 0.261 e. The van der Waals surface area contributed by atoms with E-state index in [9.17, 15) is 4.79 Å². The average Bonchev–Trinajstić information content (AvgIpc) is 2.87. The smallest absolute Gasteiger partial charge is 0.261 e. The number of carbonyl (C=O) groups excluding carboxylic acids is 1. The van der Waals surface area contributed by atoms with Crippen molar-refractivity contribution < 1.29 is 4.79 Å². The molecule has 0 aliphatic rings. The van der Waals surface area contributed by atoms with Crippen molar-refractivity contribution in [3.8, 4) is 6.07 Å². The van der Waals surface area contributed by atoms with Crippen LogP contribution in [0.5, 0.6) is 0 Å². The zero-order valence-corrected chi connectivity index (χ0v) is 12.4. The van der Waals surface area contributed by atoms with Crippen LogP contribution >= 0.6 is 11.3 Å². The first kappa shape index (κ1) is 14.5. The molecule has 0 saturated heterocycles. The van der Waals surface area contributed by atoms with E-state index in [1.807, 2.05) is 32.0 Å². The summed E-state index contributed by atoms with van der Waals surface area (Å²) in [6, 6.07) is 9.51. The van der Waals surface area contributed by atoms with Gasteiger partial charge < -0.3 is 10.6 Å². The number of hydrogen-bond acceptors (Lipinski definition) is 4. The summed E-state index contributed by atoms with van der Waals surface area (Å²) in [5.74, 6) is -0.0601. The van der Waals surface area contributed by atoms with E-state index in [0.717, 1.165) is 23.2 Å². The maximum absolute atomic E-state index is 12.1. The first-order chi connectivity index (χ1) is 9.63. The number of nitriles is 1. The molecule has 2 aromatic rings. The number of fused-ring (bicyclic) bond motifs is 1. The first-order valence-electron chi connectivity index (χ1n) is 6.59. The molecule has 0 fully saturated rings. The van der Waals surface area contributed by atoms with Crippen LogP contribution in [0.2, 0.25) is 0 Å². The Hall–Kier alpha value is -1.90. The largest absolute Gasteiger partial charge is 0.348 e. The van der Waals surface area contributed by atoms with E-state index in [-0.39, 0.29) is 11.9 Å². The molecule has 1 atom stereocenters. The van der Waals surface area contributed by atoms with E-state index in [0.29, 0.717) is 10.4 Å². The molecule has 104 valence electrons. The molecule has 0 aliphatic heterocycles. The number of nitrogens with one attached hydrogen (secondary N) is 2. The monoisotopic (exact) mass is 287 g/mol. The standard InChI is InChI=1S/C15H17N3OS/c1-3-17-9-10(2)18-15(19)14-7-12-6-11(8-16)4-5-13(12)20-14/h4-7,10,17H,3,9H2,1-2H3,(H,18,19). The van der Waals surface area contributed by atoms with E-state index < -0.39 is 0 Å². The van der Waals surface area contributed by atoms with Gasteiger partial charge in [-0.15, -0.1) is 11.3 Å². The summed E-state index contributed by atoms with van der Waals surface area (Å²) in [4.78, 5) is 12.8. The molecule has 0 saturated carbocycles. The van der Waals surface area contributed by atoms with E-state index in [1.54, 1.807) is 6.07 Å². The molecule has 0 aliphatic carbocycles. The topological polar surface area (TPSA) is 64.9 Å². The Morgan fingerprint density at radius 2 is 2.25 bits per heavy atom. The molecule has 0 radical (unpaired) electrons. The molecule has 2 rings (SSSR count). The predicted octanol–water partition coefficient (Wildman–Crippen LogP) is 2.50. The highest BCUT2D eigenvalue weighted by Crippen LogP contribution is 2.26. The highest BCUT2D eigenvalue weighted by atomic mass is 32.1. The first-order valence-corrected chi connectivity index (χ1v) is 7.41. The molecule has 1 aromatic carbocycles. The molecule has 1 heterocycles. The van der Waals surface area contributed by atoms with Crippen molar-refractivity contribution in [2.45, 2.75) is 19.9 Å². The fraction of sp³-hybridized carbons (Fsp3) is 0.333. The van der Waals surface area contributed by atoms with Gasteiger partial charge in [-0.05, 0) is 43.1 Å². The van der Waals surface area contributed by atoms with E-state index in [4.69, 9.17) is 5.26 Å². The minimum absolute atomic E-state index is 0.0601. The maximum atomic E-state index is 12.1. The number of nitrogens with zero attached hydrogens (tertiary/aromatic N) is 1. The lowest BCUT2D eigenvalue weighted by molar-refractivity contribution is 0.0944. The number of hydrogen-bond donors (Lipinski definition) is 2. The Kier molecular flexibility index (Phi) is 4.72. The zero-order valence-electron chi connectivity index (χ0n) is 11.6. The Bertz CT molecular complexity index is 657. The molecule has 0 bridgehead atoms. The van der Waals surface area contributed by atoms with Gasteiger partial charge in [-0.25, -0.2) is 0 Å². The van der Waals surface area contributed by atoms with Gasteiger partial charge in [0.15, 0.2) is 0 Å². The minimum atomic E-state index is -0.0601. The second-order valence-electron chi connectivity index (χ2n) is 4.66. The van der Waals surface area contributed by atoms with Gasteiger partial charge in [-0.1, -0.05) is 6.92 Å². The second kappa shape index (κ2) is 6.51. The lowest BCUT2D eigenvalue weighted by atomic mass is 10.2. The zero-order chi connectivity index (χ0) is 14.5. The molecule has 1 unspecified atom stereocenters. The van der Waals surface area contributed by atoms with Gasteiger partial charge in [0, 0.05) is 17.3 Å². The van der Waals surface area contributed by atoms with Crippen LogP contribution in [0.3, 0.4) is 0 Å². The number of benzene rings is 1. The molecule has 1 aromatic heterocycles. The van der Waals surface area contributed by atoms with E-state index in [2.05, 4.69) is 16.7 Å². The lowest BCUT2D eigenvalue weighted by Crippen LogP contribution is -2.39. The summed E-state index contributed by atoms with van der Waals surface area (Å²) in [6.07, 6.45) is 0. The highest BCUT2D eigenvalue weighted by Gasteiger charge is 2.13. The molecular formula is C15H17N3OS. The Morgan fingerprint density at radius 3 is 2.95 bits per heavy atom. The summed E-state index contributed by atoms with van der Waals surface area (Å²) in [5.41, 5.74) is 0.614. The molecule has 2 N–H and O–H groups in total.